The normalized spacial score (nSPS) is 27.9. The third kappa shape index (κ3) is 2.83. The molecule has 7 heteroatoms. The van der Waals surface area contributed by atoms with Gasteiger partial charge in [0.05, 0.1) is 0 Å². The number of anilines is 1. The Labute approximate surface area is 141 Å². The molecule has 1 aromatic rings. The van der Waals surface area contributed by atoms with E-state index >= 15 is 0 Å². The van der Waals surface area contributed by atoms with Crippen molar-refractivity contribution in [2.45, 2.75) is 70.3 Å². The number of hydroxylamine groups is 2. The Morgan fingerprint density at radius 1 is 1.29 bits per heavy atom. The lowest BCUT2D eigenvalue weighted by Gasteiger charge is -2.52. The van der Waals surface area contributed by atoms with Crippen molar-refractivity contribution in [1.29, 1.82) is 0 Å². The van der Waals surface area contributed by atoms with E-state index in [-0.39, 0.29) is 16.9 Å². The van der Waals surface area contributed by atoms with E-state index in [1.54, 1.807) is 12.1 Å². The first-order valence-electron chi connectivity index (χ1n) is 8.32. The summed E-state index contributed by atoms with van der Waals surface area (Å²) in [5.74, 6) is -0.353. The van der Waals surface area contributed by atoms with Crippen LogP contribution in [-0.2, 0) is 4.84 Å². The lowest BCUT2D eigenvalue weighted by molar-refractivity contribution is -0.308. The molecule has 3 rings (SSSR count). The van der Waals surface area contributed by atoms with Gasteiger partial charge in [-0.05, 0) is 64.6 Å². The smallest absolute Gasteiger partial charge is 0.138 e. The van der Waals surface area contributed by atoms with Gasteiger partial charge in [-0.2, -0.15) is 5.06 Å². The Morgan fingerprint density at radius 2 is 1.96 bits per heavy atom. The van der Waals surface area contributed by atoms with Gasteiger partial charge in [-0.25, -0.2) is 4.39 Å². The lowest BCUT2D eigenvalue weighted by atomic mass is 9.82. The molecule has 0 spiro atoms. The fourth-order valence-electron chi connectivity index (χ4n) is 3.98. The summed E-state index contributed by atoms with van der Waals surface area (Å²) in [5, 5.41) is 8.80. The average Bonchev–Trinajstić information content (AvgIpc) is 2.82. The van der Waals surface area contributed by atoms with E-state index in [2.05, 4.69) is 43.0 Å². The van der Waals surface area contributed by atoms with Crippen molar-refractivity contribution in [1.82, 2.24) is 5.06 Å². The van der Waals surface area contributed by atoms with E-state index in [1.165, 1.54) is 6.07 Å². The minimum atomic E-state index is -0.686. The second kappa shape index (κ2) is 5.92. The molecule has 2 unspecified atom stereocenters. The summed E-state index contributed by atoms with van der Waals surface area (Å²) < 4.78 is 14.4. The molecule has 0 radical (unpaired) electrons. The van der Waals surface area contributed by atoms with Crippen molar-refractivity contribution in [2.75, 3.05) is 5.32 Å². The molecule has 2 aliphatic heterocycles. The number of nitrogens with one attached hydrogen (secondary N) is 1. The van der Waals surface area contributed by atoms with Gasteiger partial charge in [-0.3, -0.25) is 4.84 Å². The third-order valence-electron chi connectivity index (χ3n) is 5.00. The Bertz CT molecular complexity index is 668. The van der Waals surface area contributed by atoms with Crippen LogP contribution in [0, 0.1) is 5.82 Å². The summed E-state index contributed by atoms with van der Waals surface area (Å²) in [6.07, 6.45) is 1.75. The molecule has 2 aliphatic rings. The molecule has 130 valence electrons. The quantitative estimate of drug-likeness (QED) is 0.485. The zero-order chi connectivity index (χ0) is 17.5. The van der Waals surface area contributed by atoms with Crippen molar-refractivity contribution in [3.05, 3.63) is 40.0 Å². The van der Waals surface area contributed by atoms with Crippen LogP contribution in [0.2, 0.25) is 0 Å². The maximum Gasteiger partial charge on any atom is 0.138 e. The van der Waals surface area contributed by atoms with Crippen LogP contribution in [0.4, 0.5) is 10.1 Å². The van der Waals surface area contributed by atoms with E-state index < -0.39 is 12.3 Å². The number of benzene rings is 1. The molecule has 1 saturated heterocycles. The van der Waals surface area contributed by atoms with E-state index in [9.17, 15) is 4.39 Å². The van der Waals surface area contributed by atoms with Crippen LogP contribution in [0.3, 0.4) is 0 Å². The third-order valence-corrected chi connectivity index (χ3v) is 5.00. The van der Waals surface area contributed by atoms with Crippen LogP contribution in [0.5, 0.6) is 0 Å². The van der Waals surface area contributed by atoms with Crippen LogP contribution in [0.15, 0.2) is 23.3 Å². The molecule has 0 aliphatic carbocycles. The molecule has 6 nitrogen and oxygen atoms in total. The largest absolute Gasteiger partial charge is 0.374 e. The van der Waals surface area contributed by atoms with E-state index in [0.29, 0.717) is 11.3 Å². The van der Waals surface area contributed by atoms with Gasteiger partial charge >= 0.3 is 0 Å². The second-order valence-corrected chi connectivity index (χ2v) is 7.79. The first-order valence-corrected chi connectivity index (χ1v) is 8.32. The molecular formula is C17H24FN5O. The summed E-state index contributed by atoms with van der Waals surface area (Å²) in [7, 11) is 0. The number of azide groups is 1. The zero-order valence-corrected chi connectivity index (χ0v) is 14.6. The van der Waals surface area contributed by atoms with Crippen LogP contribution in [0.1, 0.15) is 58.6 Å². The number of fused-ring (bicyclic) bond motifs is 1. The summed E-state index contributed by atoms with van der Waals surface area (Å²) in [5.41, 5.74) is 9.53. The molecule has 2 atom stereocenters. The van der Waals surface area contributed by atoms with Gasteiger partial charge in [0, 0.05) is 27.2 Å². The average molecular weight is 333 g/mol. The molecular weight excluding hydrogens is 309 g/mol. The van der Waals surface area contributed by atoms with E-state index in [4.69, 9.17) is 10.4 Å². The number of piperidine rings is 1. The second-order valence-electron chi connectivity index (χ2n) is 7.79. The first-order chi connectivity index (χ1) is 11.3. The Kier molecular flexibility index (Phi) is 4.20. The number of halogens is 1. The van der Waals surface area contributed by atoms with Crippen molar-refractivity contribution in [3.8, 4) is 0 Å². The van der Waals surface area contributed by atoms with Gasteiger partial charge in [-0.15, -0.1) is 0 Å². The van der Waals surface area contributed by atoms with E-state index in [0.717, 1.165) is 19.3 Å². The maximum absolute atomic E-state index is 14.4. The molecule has 2 heterocycles. The topological polar surface area (TPSA) is 73.3 Å². The van der Waals surface area contributed by atoms with Crippen molar-refractivity contribution >= 4 is 5.69 Å². The first kappa shape index (κ1) is 17.0. The highest BCUT2D eigenvalue weighted by Gasteiger charge is 2.46. The minimum Gasteiger partial charge on any atom is -0.374 e. The van der Waals surface area contributed by atoms with Crippen LogP contribution < -0.4 is 5.32 Å². The summed E-state index contributed by atoms with van der Waals surface area (Å²) in [4.78, 5) is 9.21. The van der Waals surface area contributed by atoms with Crippen LogP contribution in [0.25, 0.3) is 10.4 Å². The zero-order valence-electron chi connectivity index (χ0n) is 14.6. The molecule has 0 aromatic heterocycles. The van der Waals surface area contributed by atoms with Crippen molar-refractivity contribution in [3.63, 3.8) is 0 Å². The van der Waals surface area contributed by atoms with Crippen LogP contribution >= 0.6 is 0 Å². The minimum absolute atomic E-state index is 0.184. The predicted molar refractivity (Wildman–Crippen MR) is 90.6 cm³/mol. The van der Waals surface area contributed by atoms with Crippen LogP contribution in [-0.4, -0.2) is 22.3 Å². The molecule has 0 saturated carbocycles. The molecule has 24 heavy (non-hydrogen) atoms. The lowest BCUT2D eigenvalue weighted by Crippen LogP contribution is -2.58. The van der Waals surface area contributed by atoms with Crippen molar-refractivity contribution in [2.24, 2.45) is 5.11 Å². The molecule has 1 fully saturated rings. The van der Waals surface area contributed by atoms with Gasteiger partial charge in [0.15, 0.2) is 0 Å². The van der Waals surface area contributed by atoms with Gasteiger partial charge in [0.2, 0.25) is 0 Å². The highest BCUT2D eigenvalue weighted by molar-refractivity contribution is 5.58. The van der Waals surface area contributed by atoms with E-state index in [1.807, 2.05) is 5.06 Å². The SMILES string of the molecule is CC1(C)CCCC(C)(C)N1OC1c2c(F)cccc2NC1N=[N+]=[N-]. The maximum atomic E-state index is 14.4. The fraction of sp³-hybridized carbons (Fsp3) is 0.647. The molecule has 1 N–H and O–H groups in total. The number of rotatable bonds is 3. The summed E-state index contributed by atoms with van der Waals surface area (Å²) in [6.45, 7) is 8.50. The van der Waals surface area contributed by atoms with Gasteiger partial charge in [0.25, 0.3) is 0 Å². The van der Waals surface area contributed by atoms with Crippen molar-refractivity contribution < 1.29 is 9.23 Å². The Morgan fingerprint density at radius 3 is 2.58 bits per heavy atom. The Hall–Kier alpha value is -1.82. The molecule has 0 amide bonds. The highest BCUT2D eigenvalue weighted by Crippen LogP contribution is 2.45. The number of hydrogen-bond acceptors (Lipinski definition) is 4. The number of nitrogens with zero attached hydrogens (tertiary/aromatic N) is 4. The fourth-order valence-corrected chi connectivity index (χ4v) is 3.98. The number of hydrogen-bond donors (Lipinski definition) is 1. The Balaban J connectivity index is 1.99. The van der Waals surface area contributed by atoms with Gasteiger partial charge in [-0.1, -0.05) is 11.2 Å². The van der Waals surface area contributed by atoms with Gasteiger partial charge in [0.1, 0.15) is 18.1 Å². The molecule has 0 bridgehead atoms. The highest BCUT2D eigenvalue weighted by atomic mass is 19.1. The standard InChI is InChI=1S/C17H24FN5O/c1-16(2)9-6-10-17(3,4)23(16)24-14-13-11(18)7-5-8-12(13)20-15(14)21-22-19/h5,7-8,14-15,20H,6,9-10H2,1-4H3. The van der Waals surface area contributed by atoms with Gasteiger partial charge < -0.3 is 5.32 Å². The molecule has 1 aromatic carbocycles. The summed E-state index contributed by atoms with van der Waals surface area (Å²) in [6, 6.07) is 4.81. The summed E-state index contributed by atoms with van der Waals surface area (Å²) >= 11 is 0. The predicted octanol–water partition coefficient (Wildman–Crippen LogP) is 4.90. The monoisotopic (exact) mass is 333 g/mol.